The number of carbonyl (C=O) groups is 1. The molecule has 0 N–H and O–H groups in total. The minimum Gasteiger partial charge on any atom is -0.497 e. The second-order valence-electron chi connectivity index (χ2n) is 10.9. The van der Waals surface area contributed by atoms with Crippen LogP contribution in [0.4, 0.5) is 0 Å². The lowest BCUT2D eigenvalue weighted by molar-refractivity contribution is -0.146. The number of fused-ring (bicyclic) bond motifs is 6. The standard InChI is InChI=1S/C28H38N2O3/c1-32-24-9-7-23(8-10-24)28(11-15-33-16-12-28)27(31)30-14-4-5-20-17-21-18-22(26(20)30)19-29-13-3-2-6-25(21)29/h7-10,17,21-22,25-26H,2-6,11-16,18-19H2,1H3/t21-,22-,25?,26?/m0/s1. The first-order chi connectivity index (χ1) is 16.2. The highest BCUT2D eigenvalue weighted by Gasteiger charge is 2.51. The third kappa shape index (κ3) is 3.63. The second-order valence-corrected chi connectivity index (χ2v) is 10.9. The van der Waals surface area contributed by atoms with E-state index in [4.69, 9.17) is 9.47 Å². The minimum absolute atomic E-state index is 0.295. The predicted octanol–water partition coefficient (Wildman–Crippen LogP) is 4.17. The molecule has 33 heavy (non-hydrogen) atoms. The molecule has 5 aliphatic rings. The first-order valence-electron chi connectivity index (χ1n) is 13.2. The fourth-order valence-corrected chi connectivity index (χ4v) is 7.73. The highest BCUT2D eigenvalue weighted by Crippen LogP contribution is 2.47. The molecule has 1 aromatic carbocycles. The molecule has 6 rings (SSSR count). The maximum atomic E-state index is 14.5. The number of benzene rings is 1. The summed E-state index contributed by atoms with van der Waals surface area (Å²) in [5.41, 5.74) is 2.21. The van der Waals surface area contributed by atoms with Crippen LogP contribution in [-0.2, 0) is 14.9 Å². The third-order valence-corrected chi connectivity index (χ3v) is 9.32. The van der Waals surface area contributed by atoms with Crippen molar-refractivity contribution in [1.29, 1.82) is 0 Å². The van der Waals surface area contributed by atoms with Gasteiger partial charge in [0.25, 0.3) is 0 Å². The van der Waals surface area contributed by atoms with Crippen molar-refractivity contribution in [2.75, 3.05) is 40.0 Å². The Bertz CT molecular complexity index is 904. The number of amides is 1. The summed E-state index contributed by atoms with van der Waals surface area (Å²) >= 11 is 0. The molecule has 4 saturated heterocycles. The van der Waals surface area contributed by atoms with Gasteiger partial charge in [-0.15, -0.1) is 0 Å². The van der Waals surface area contributed by atoms with E-state index in [0.717, 1.165) is 43.2 Å². The average Bonchev–Trinajstić information content (AvgIpc) is 2.88. The summed E-state index contributed by atoms with van der Waals surface area (Å²) < 4.78 is 11.1. The monoisotopic (exact) mass is 450 g/mol. The Hall–Kier alpha value is -1.85. The lowest BCUT2D eigenvalue weighted by atomic mass is 9.66. The molecule has 178 valence electrons. The maximum Gasteiger partial charge on any atom is 0.233 e. The molecule has 0 saturated carbocycles. The fourth-order valence-electron chi connectivity index (χ4n) is 7.73. The van der Waals surface area contributed by atoms with E-state index >= 15 is 0 Å². The summed E-state index contributed by atoms with van der Waals surface area (Å²) in [6, 6.07) is 9.27. The molecule has 1 aliphatic carbocycles. The van der Waals surface area contributed by atoms with E-state index in [0.29, 0.717) is 37.0 Å². The zero-order chi connectivity index (χ0) is 22.4. The molecule has 0 radical (unpaired) electrons. The Morgan fingerprint density at radius 2 is 1.91 bits per heavy atom. The number of likely N-dealkylation sites (tertiary alicyclic amines) is 1. The van der Waals surface area contributed by atoms with Crippen LogP contribution >= 0.6 is 0 Å². The molecule has 1 aromatic rings. The van der Waals surface area contributed by atoms with E-state index in [1.807, 2.05) is 12.1 Å². The molecule has 0 spiro atoms. The molecule has 4 aliphatic heterocycles. The van der Waals surface area contributed by atoms with E-state index in [2.05, 4.69) is 28.0 Å². The second kappa shape index (κ2) is 8.74. The van der Waals surface area contributed by atoms with Crippen molar-refractivity contribution in [2.24, 2.45) is 11.8 Å². The van der Waals surface area contributed by atoms with Gasteiger partial charge in [-0.25, -0.2) is 0 Å². The van der Waals surface area contributed by atoms with E-state index in [9.17, 15) is 4.79 Å². The summed E-state index contributed by atoms with van der Waals surface area (Å²) in [5.74, 6) is 2.46. The van der Waals surface area contributed by atoms with Gasteiger partial charge in [0.15, 0.2) is 0 Å². The molecule has 0 aromatic heterocycles. The largest absolute Gasteiger partial charge is 0.497 e. The van der Waals surface area contributed by atoms with Crippen LogP contribution < -0.4 is 4.74 Å². The van der Waals surface area contributed by atoms with Gasteiger partial charge in [-0.3, -0.25) is 9.69 Å². The topological polar surface area (TPSA) is 42.0 Å². The summed E-state index contributed by atoms with van der Waals surface area (Å²) in [6.07, 6.45) is 11.7. The number of nitrogens with zero attached hydrogens (tertiary/aromatic N) is 2. The van der Waals surface area contributed by atoms with Crippen LogP contribution in [0.5, 0.6) is 5.75 Å². The Labute approximate surface area is 198 Å². The van der Waals surface area contributed by atoms with Gasteiger partial charge in [0.05, 0.1) is 18.6 Å². The number of hydrogen-bond acceptors (Lipinski definition) is 4. The smallest absolute Gasteiger partial charge is 0.233 e. The number of hydrogen-bond donors (Lipinski definition) is 0. The minimum atomic E-state index is -0.480. The van der Waals surface area contributed by atoms with Crippen molar-refractivity contribution in [2.45, 2.75) is 68.9 Å². The van der Waals surface area contributed by atoms with Crippen LogP contribution in [0.1, 0.15) is 56.9 Å². The summed E-state index contributed by atoms with van der Waals surface area (Å²) in [6.45, 7) is 4.62. The first-order valence-corrected chi connectivity index (χ1v) is 13.2. The van der Waals surface area contributed by atoms with Crippen LogP contribution in [0.15, 0.2) is 35.9 Å². The van der Waals surface area contributed by atoms with Crippen LogP contribution in [0.3, 0.4) is 0 Å². The van der Waals surface area contributed by atoms with Crippen molar-refractivity contribution in [3.63, 3.8) is 0 Å². The number of carbonyl (C=O) groups excluding carboxylic acids is 1. The molecule has 1 amide bonds. The van der Waals surface area contributed by atoms with Gasteiger partial charge >= 0.3 is 0 Å². The normalized spacial score (nSPS) is 33.5. The molecule has 5 heteroatoms. The van der Waals surface area contributed by atoms with Gasteiger partial charge in [0, 0.05) is 32.3 Å². The van der Waals surface area contributed by atoms with Crippen molar-refractivity contribution in [3.8, 4) is 5.75 Å². The van der Waals surface area contributed by atoms with Crippen molar-refractivity contribution in [1.82, 2.24) is 9.80 Å². The van der Waals surface area contributed by atoms with Crippen LogP contribution in [0.2, 0.25) is 0 Å². The Morgan fingerprint density at radius 1 is 1.09 bits per heavy atom. The number of ether oxygens (including phenoxy) is 2. The van der Waals surface area contributed by atoms with Gasteiger partial charge in [-0.2, -0.15) is 0 Å². The van der Waals surface area contributed by atoms with Crippen LogP contribution in [0, 0.1) is 11.8 Å². The molecule has 2 unspecified atom stereocenters. The SMILES string of the molecule is COc1ccc(C2(C(=O)N3CCCC4=C[C@H]5C[C@@H](CN6CCCCC56)C43)CCOCC2)cc1. The Balaban J connectivity index is 1.34. The molecular formula is C28H38N2O3. The summed E-state index contributed by atoms with van der Waals surface area (Å²) in [7, 11) is 1.69. The number of rotatable bonds is 3. The van der Waals surface area contributed by atoms with Crippen molar-refractivity contribution >= 4 is 5.91 Å². The quantitative estimate of drug-likeness (QED) is 0.649. The molecule has 2 bridgehead atoms. The van der Waals surface area contributed by atoms with E-state index in [-0.39, 0.29) is 0 Å². The third-order valence-electron chi connectivity index (χ3n) is 9.32. The molecular weight excluding hydrogens is 412 g/mol. The van der Waals surface area contributed by atoms with E-state index < -0.39 is 5.41 Å². The predicted molar refractivity (Wildman–Crippen MR) is 128 cm³/mol. The summed E-state index contributed by atoms with van der Waals surface area (Å²) in [4.78, 5) is 19.6. The number of methoxy groups -OCH3 is 1. The molecule has 5 nitrogen and oxygen atoms in total. The number of piperidine rings is 3. The zero-order valence-corrected chi connectivity index (χ0v) is 20.0. The molecule has 4 fully saturated rings. The highest BCUT2D eigenvalue weighted by atomic mass is 16.5. The van der Waals surface area contributed by atoms with Gasteiger partial charge in [-0.05, 0) is 81.0 Å². The average molecular weight is 451 g/mol. The summed E-state index contributed by atoms with van der Waals surface area (Å²) in [5, 5.41) is 0. The highest BCUT2D eigenvalue weighted by molar-refractivity contribution is 5.89. The van der Waals surface area contributed by atoms with Gasteiger partial charge in [0.2, 0.25) is 5.91 Å². The van der Waals surface area contributed by atoms with Crippen molar-refractivity contribution < 1.29 is 14.3 Å². The first kappa shape index (κ1) is 21.7. The molecule has 4 heterocycles. The zero-order valence-electron chi connectivity index (χ0n) is 20.0. The van der Waals surface area contributed by atoms with Crippen LogP contribution in [0.25, 0.3) is 0 Å². The Morgan fingerprint density at radius 3 is 2.70 bits per heavy atom. The van der Waals surface area contributed by atoms with Crippen molar-refractivity contribution in [3.05, 3.63) is 41.5 Å². The van der Waals surface area contributed by atoms with Gasteiger partial charge in [0.1, 0.15) is 5.75 Å². The maximum absolute atomic E-state index is 14.5. The van der Waals surface area contributed by atoms with Gasteiger partial charge < -0.3 is 14.4 Å². The lowest BCUT2D eigenvalue weighted by Gasteiger charge is -2.55. The molecule has 4 atom stereocenters. The Kier molecular flexibility index (Phi) is 5.74. The van der Waals surface area contributed by atoms with Crippen LogP contribution in [-0.4, -0.2) is 67.7 Å². The lowest BCUT2D eigenvalue weighted by Crippen LogP contribution is -2.62. The van der Waals surface area contributed by atoms with Gasteiger partial charge in [-0.1, -0.05) is 30.2 Å². The van der Waals surface area contributed by atoms with E-state index in [1.54, 1.807) is 12.7 Å². The van der Waals surface area contributed by atoms with E-state index in [1.165, 1.54) is 45.2 Å². The fraction of sp³-hybridized carbons (Fsp3) is 0.679.